The Bertz CT molecular complexity index is 818. The molecule has 1 N–H and O–H groups in total. The Kier molecular flexibility index (Phi) is 5.16. The molecule has 3 heterocycles. The lowest BCUT2D eigenvalue weighted by Crippen LogP contribution is -2.50. The number of aryl methyl sites for hydroxylation is 1. The van der Waals surface area contributed by atoms with Gasteiger partial charge < -0.3 is 19.5 Å². The summed E-state index contributed by atoms with van der Waals surface area (Å²) in [7, 11) is 0. The fourth-order valence-electron chi connectivity index (χ4n) is 2.96. The minimum absolute atomic E-state index is 0.150. The van der Waals surface area contributed by atoms with Gasteiger partial charge in [-0.15, -0.1) is 0 Å². The highest BCUT2D eigenvalue weighted by Crippen LogP contribution is 2.16. The lowest BCUT2D eigenvalue weighted by atomic mass is 10.1. The minimum Gasteiger partial charge on any atom is -0.459 e. The van der Waals surface area contributed by atoms with Gasteiger partial charge in [0, 0.05) is 37.8 Å². The number of nitrogens with one attached hydrogen (secondary N) is 1. The van der Waals surface area contributed by atoms with E-state index in [0.29, 0.717) is 49.3 Å². The highest BCUT2D eigenvalue weighted by Gasteiger charge is 2.27. The van der Waals surface area contributed by atoms with Crippen molar-refractivity contribution in [2.75, 3.05) is 31.5 Å². The molecule has 1 saturated heterocycles. The van der Waals surface area contributed by atoms with E-state index in [0.717, 1.165) is 0 Å². The number of piperazine rings is 1. The number of hydrogen-bond acceptors (Lipinski definition) is 6. The molecular formula is C19H25N5O3. The van der Waals surface area contributed by atoms with Gasteiger partial charge in [-0.05, 0) is 39.8 Å². The fourth-order valence-corrected chi connectivity index (χ4v) is 2.96. The molecule has 0 atom stereocenters. The van der Waals surface area contributed by atoms with Crippen LogP contribution in [-0.4, -0.2) is 63.3 Å². The van der Waals surface area contributed by atoms with Crippen molar-refractivity contribution in [1.29, 1.82) is 0 Å². The number of anilines is 1. The molecule has 0 radical (unpaired) electrons. The van der Waals surface area contributed by atoms with Crippen molar-refractivity contribution < 1.29 is 14.0 Å². The van der Waals surface area contributed by atoms with Crippen LogP contribution >= 0.6 is 0 Å². The van der Waals surface area contributed by atoms with Gasteiger partial charge in [0.05, 0.1) is 6.26 Å². The molecule has 2 aromatic rings. The molecule has 0 aliphatic carbocycles. The van der Waals surface area contributed by atoms with Gasteiger partial charge in [-0.3, -0.25) is 9.59 Å². The molecule has 0 aromatic carbocycles. The van der Waals surface area contributed by atoms with Gasteiger partial charge in [0.15, 0.2) is 5.76 Å². The number of nitrogens with zero attached hydrogens (tertiary/aromatic N) is 4. The van der Waals surface area contributed by atoms with Crippen molar-refractivity contribution in [2.45, 2.75) is 33.2 Å². The van der Waals surface area contributed by atoms with Gasteiger partial charge in [-0.1, -0.05) is 0 Å². The quantitative estimate of drug-likeness (QED) is 0.889. The maximum absolute atomic E-state index is 12.9. The standard InChI is InChI=1S/C19H25N5O3/c1-13-20-14(12-16(21-13)22-19(2,3)4)17(25)23-7-9-24(10-8-23)18(26)15-6-5-11-27-15/h5-6,11-12H,7-10H2,1-4H3,(H,20,21,22). The minimum atomic E-state index is -0.168. The molecule has 2 amide bonds. The van der Waals surface area contributed by atoms with Crippen LogP contribution in [0, 0.1) is 6.92 Å². The zero-order chi connectivity index (χ0) is 19.6. The Labute approximate surface area is 158 Å². The Morgan fingerprint density at radius 3 is 2.26 bits per heavy atom. The summed E-state index contributed by atoms with van der Waals surface area (Å²) in [6.45, 7) is 9.69. The van der Waals surface area contributed by atoms with Gasteiger partial charge in [-0.25, -0.2) is 9.97 Å². The molecule has 3 rings (SSSR count). The Morgan fingerprint density at radius 2 is 1.70 bits per heavy atom. The van der Waals surface area contributed by atoms with Crippen LogP contribution in [0.5, 0.6) is 0 Å². The van der Waals surface area contributed by atoms with E-state index in [1.165, 1.54) is 6.26 Å². The zero-order valence-electron chi connectivity index (χ0n) is 16.2. The van der Waals surface area contributed by atoms with Crippen molar-refractivity contribution >= 4 is 17.6 Å². The van der Waals surface area contributed by atoms with Crippen molar-refractivity contribution in [3.05, 3.63) is 41.7 Å². The fraction of sp³-hybridized carbons (Fsp3) is 0.474. The van der Waals surface area contributed by atoms with Gasteiger partial charge in [0.25, 0.3) is 11.8 Å². The van der Waals surface area contributed by atoms with E-state index < -0.39 is 0 Å². The van der Waals surface area contributed by atoms with Crippen LogP contribution in [0.2, 0.25) is 0 Å². The third-order valence-corrected chi connectivity index (χ3v) is 4.15. The summed E-state index contributed by atoms with van der Waals surface area (Å²) >= 11 is 0. The predicted octanol–water partition coefficient (Wildman–Crippen LogP) is 2.19. The molecule has 1 fully saturated rings. The lowest BCUT2D eigenvalue weighted by molar-refractivity contribution is 0.0515. The third-order valence-electron chi connectivity index (χ3n) is 4.15. The summed E-state index contributed by atoms with van der Waals surface area (Å²) < 4.78 is 5.16. The van der Waals surface area contributed by atoms with E-state index in [2.05, 4.69) is 15.3 Å². The zero-order valence-corrected chi connectivity index (χ0v) is 16.2. The Hall–Kier alpha value is -2.90. The summed E-state index contributed by atoms with van der Waals surface area (Å²) in [6.07, 6.45) is 1.48. The summed E-state index contributed by atoms with van der Waals surface area (Å²) in [6, 6.07) is 5.02. The maximum Gasteiger partial charge on any atom is 0.289 e. The summed E-state index contributed by atoms with van der Waals surface area (Å²) in [5.74, 6) is 1.19. The van der Waals surface area contributed by atoms with Crippen molar-refractivity contribution in [1.82, 2.24) is 19.8 Å². The third kappa shape index (κ3) is 4.64. The van der Waals surface area contributed by atoms with Gasteiger partial charge in [0.2, 0.25) is 0 Å². The summed E-state index contributed by atoms with van der Waals surface area (Å²) in [5.41, 5.74) is 0.193. The van der Waals surface area contributed by atoms with E-state index in [9.17, 15) is 9.59 Å². The molecule has 1 aliphatic rings. The van der Waals surface area contributed by atoms with Crippen molar-refractivity contribution in [2.24, 2.45) is 0 Å². The van der Waals surface area contributed by atoms with Crippen molar-refractivity contribution in [3.8, 4) is 0 Å². The van der Waals surface area contributed by atoms with E-state index in [4.69, 9.17) is 4.42 Å². The highest BCUT2D eigenvalue weighted by molar-refractivity contribution is 5.94. The van der Waals surface area contributed by atoms with Crippen LogP contribution in [0.1, 0.15) is 47.6 Å². The van der Waals surface area contributed by atoms with Crippen LogP contribution in [0.3, 0.4) is 0 Å². The van der Waals surface area contributed by atoms with Crippen LogP contribution < -0.4 is 5.32 Å². The van der Waals surface area contributed by atoms with E-state index >= 15 is 0 Å². The second-order valence-corrected chi connectivity index (χ2v) is 7.62. The average Bonchev–Trinajstić information content (AvgIpc) is 3.13. The molecule has 0 saturated carbocycles. The number of aromatic nitrogens is 2. The first kappa shape index (κ1) is 18.9. The number of rotatable bonds is 3. The molecule has 1 aliphatic heterocycles. The SMILES string of the molecule is Cc1nc(NC(C)(C)C)cc(C(=O)N2CCN(C(=O)c3ccco3)CC2)n1. The number of carbonyl (C=O) groups is 2. The van der Waals surface area contributed by atoms with Gasteiger partial charge >= 0.3 is 0 Å². The molecule has 8 heteroatoms. The lowest BCUT2D eigenvalue weighted by Gasteiger charge is -2.34. The molecule has 8 nitrogen and oxygen atoms in total. The summed E-state index contributed by atoms with van der Waals surface area (Å²) in [5, 5.41) is 3.27. The molecule has 27 heavy (non-hydrogen) atoms. The molecule has 0 spiro atoms. The number of amides is 2. The number of carbonyl (C=O) groups excluding carboxylic acids is 2. The van der Waals surface area contributed by atoms with Crippen LogP contribution in [0.25, 0.3) is 0 Å². The smallest absolute Gasteiger partial charge is 0.289 e. The van der Waals surface area contributed by atoms with Crippen molar-refractivity contribution in [3.63, 3.8) is 0 Å². The molecule has 0 unspecified atom stereocenters. The van der Waals surface area contributed by atoms with Crippen LogP contribution in [0.4, 0.5) is 5.82 Å². The number of furan rings is 1. The van der Waals surface area contributed by atoms with Gasteiger partial charge in [0.1, 0.15) is 17.3 Å². The first-order valence-corrected chi connectivity index (χ1v) is 8.99. The van der Waals surface area contributed by atoms with E-state index in [1.54, 1.807) is 34.9 Å². The molecule has 2 aromatic heterocycles. The second kappa shape index (κ2) is 7.38. The molecular weight excluding hydrogens is 346 g/mol. The number of hydrogen-bond donors (Lipinski definition) is 1. The Morgan fingerprint density at radius 1 is 1.07 bits per heavy atom. The predicted molar refractivity (Wildman–Crippen MR) is 101 cm³/mol. The molecule has 0 bridgehead atoms. The van der Waals surface area contributed by atoms with E-state index in [1.807, 2.05) is 20.8 Å². The monoisotopic (exact) mass is 371 g/mol. The summed E-state index contributed by atoms with van der Waals surface area (Å²) in [4.78, 5) is 37.3. The van der Waals surface area contributed by atoms with E-state index in [-0.39, 0.29) is 17.4 Å². The largest absolute Gasteiger partial charge is 0.459 e. The first-order valence-electron chi connectivity index (χ1n) is 8.99. The van der Waals surface area contributed by atoms with Crippen LogP contribution in [0.15, 0.2) is 28.9 Å². The maximum atomic E-state index is 12.9. The second-order valence-electron chi connectivity index (χ2n) is 7.62. The van der Waals surface area contributed by atoms with Gasteiger partial charge in [-0.2, -0.15) is 0 Å². The highest BCUT2D eigenvalue weighted by atomic mass is 16.3. The average molecular weight is 371 g/mol. The first-order chi connectivity index (χ1) is 12.7. The molecule has 144 valence electrons. The Balaban J connectivity index is 1.66. The van der Waals surface area contributed by atoms with Crippen LogP contribution in [-0.2, 0) is 0 Å². The topological polar surface area (TPSA) is 91.6 Å². The normalized spacial score (nSPS) is 15.0.